The summed E-state index contributed by atoms with van der Waals surface area (Å²) in [7, 11) is 1.29. The fraction of sp³-hybridized carbons (Fsp3) is 0.500. The molecule has 1 aromatic carbocycles. The van der Waals surface area contributed by atoms with Crippen LogP contribution in [0.1, 0.15) is 36.4 Å². The number of hydrogen-bond donors (Lipinski definition) is 1. The maximum Gasteiger partial charge on any atom is 0.416 e. The second kappa shape index (κ2) is 5.83. The van der Waals surface area contributed by atoms with Crippen LogP contribution in [-0.4, -0.2) is 19.1 Å². The summed E-state index contributed by atoms with van der Waals surface area (Å²) in [5.74, 6) is -0.386. The van der Waals surface area contributed by atoms with Gasteiger partial charge in [0.2, 0.25) is 0 Å². The van der Waals surface area contributed by atoms with Gasteiger partial charge in [-0.2, -0.15) is 13.2 Å². The summed E-state index contributed by atoms with van der Waals surface area (Å²) in [6.45, 7) is 0. The highest BCUT2D eigenvalue weighted by Gasteiger charge is 2.31. The van der Waals surface area contributed by atoms with Crippen molar-refractivity contribution in [2.45, 2.75) is 37.5 Å². The molecular formula is C14H16F3NO2. The Bertz CT molecular complexity index is 466. The minimum Gasteiger partial charge on any atom is -0.469 e. The number of benzene rings is 1. The Morgan fingerprint density at radius 1 is 1.35 bits per heavy atom. The van der Waals surface area contributed by atoms with Crippen LogP contribution in [0.2, 0.25) is 0 Å². The monoisotopic (exact) mass is 287 g/mol. The van der Waals surface area contributed by atoms with Crippen molar-refractivity contribution in [3.8, 4) is 0 Å². The van der Waals surface area contributed by atoms with Crippen LogP contribution < -0.4 is 5.32 Å². The van der Waals surface area contributed by atoms with Gasteiger partial charge in [-0.25, -0.2) is 0 Å². The molecule has 0 saturated heterocycles. The van der Waals surface area contributed by atoms with Gasteiger partial charge in [-0.15, -0.1) is 0 Å². The zero-order chi connectivity index (χ0) is 14.8. The van der Waals surface area contributed by atoms with Crippen LogP contribution in [0.15, 0.2) is 24.3 Å². The first-order valence-corrected chi connectivity index (χ1v) is 6.40. The molecule has 0 aliphatic heterocycles. The van der Waals surface area contributed by atoms with E-state index in [0.29, 0.717) is 11.6 Å². The van der Waals surface area contributed by atoms with Gasteiger partial charge in [0.1, 0.15) is 0 Å². The van der Waals surface area contributed by atoms with Gasteiger partial charge < -0.3 is 10.1 Å². The van der Waals surface area contributed by atoms with E-state index in [1.165, 1.54) is 19.2 Å². The molecule has 2 rings (SSSR count). The summed E-state index contributed by atoms with van der Waals surface area (Å²) >= 11 is 0. The number of rotatable bonds is 5. The van der Waals surface area contributed by atoms with Crippen LogP contribution in [-0.2, 0) is 15.7 Å². The number of carbonyl (C=O) groups excluding carboxylic acids is 1. The molecule has 1 N–H and O–H groups in total. The van der Waals surface area contributed by atoms with Crippen molar-refractivity contribution < 1.29 is 22.7 Å². The summed E-state index contributed by atoms with van der Waals surface area (Å²) in [6, 6.07) is 4.92. The van der Waals surface area contributed by atoms with Crippen molar-refractivity contribution in [2.75, 3.05) is 7.11 Å². The van der Waals surface area contributed by atoms with E-state index in [1.807, 2.05) is 0 Å². The van der Waals surface area contributed by atoms with Crippen LogP contribution in [0.4, 0.5) is 13.2 Å². The van der Waals surface area contributed by atoms with Gasteiger partial charge >= 0.3 is 12.1 Å². The van der Waals surface area contributed by atoms with Crippen LogP contribution >= 0.6 is 0 Å². The second-order valence-corrected chi connectivity index (χ2v) is 4.89. The number of ether oxygens (including phenoxy) is 1. The fourth-order valence-electron chi connectivity index (χ4n) is 1.96. The highest BCUT2D eigenvalue weighted by Crippen LogP contribution is 2.31. The third-order valence-electron chi connectivity index (χ3n) is 3.25. The van der Waals surface area contributed by atoms with Gasteiger partial charge in [-0.3, -0.25) is 4.79 Å². The van der Waals surface area contributed by atoms with E-state index in [0.717, 1.165) is 25.0 Å². The van der Waals surface area contributed by atoms with Crippen molar-refractivity contribution in [3.05, 3.63) is 35.4 Å². The lowest BCUT2D eigenvalue weighted by Crippen LogP contribution is -2.26. The van der Waals surface area contributed by atoms with E-state index in [4.69, 9.17) is 0 Å². The third-order valence-corrected chi connectivity index (χ3v) is 3.25. The van der Waals surface area contributed by atoms with E-state index in [1.54, 1.807) is 0 Å². The van der Waals surface area contributed by atoms with Gasteiger partial charge in [0, 0.05) is 12.1 Å². The molecule has 1 fully saturated rings. The normalized spacial score (nSPS) is 16.8. The maximum atomic E-state index is 12.5. The highest BCUT2D eigenvalue weighted by atomic mass is 19.4. The Labute approximate surface area is 115 Å². The fourth-order valence-corrected chi connectivity index (χ4v) is 1.96. The van der Waals surface area contributed by atoms with E-state index in [-0.39, 0.29) is 18.4 Å². The predicted molar refractivity (Wildman–Crippen MR) is 67.0 cm³/mol. The third kappa shape index (κ3) is 3.96. The molecule has 0 aromatic heterocycles. The molecule has 0 amide bonds. The molecule has 1 aliphatic rings. The number of halogens is 3. The summed E-state index contributed by atoms with van der Waals surface area (Å²) < 4.78 is 42.2. The minimum atomic E-state index is -4.35. The Kier molecular flexibility index (Phi) is 4.32. The Morgan fingerprint density at radius 3 is 2.40 bits per heavy atom. The zero-order valence-electron chi connectivity index (χ0n) is 11.0. The lowest BCUT2D eigenvalue weighted by molar-refractivity contribution is -0.141. The molecule has 1 saturated carbocycles. The van der Waals surface area contributed by atoms with Crippen molar-refractivity contribution >= 4 is 5.97 Å². The molecule has 0 spiro atoms. The molecule has 1 aliphatic carbocycles. The molecule has 6 heteroatoms. The Balaban J connectivity index is 2.12. The van der Waals surface area contributed by atoms with Crippen molar-refractivity contribution in [1.82, 2.24) is 5.32 Å². The average Bonchev–Trinajstić information content (AvgIpc) is 3.21. The Hall–Kier alpha value is -1.56. The van der Waals surface area contributed by atoms with Crippen LogP contribution in [0.25, 0.3) is 0 Å². The largest absolute Gasteiger partial charge is 0.469 e. The number of hydrogen-bond acceptors (Lipinski definition) is 3. The average molecular weight is 287 g/mol. The van der Waals surface area contributed by atoms with E-state index in [9.17, 15) is 18.0 Å². The highest BCUT2D eigenvalue weighted by molar-refractivity contribution is 5.70. The lowest BCUT2D eigenvalue weighted by Gasteiger charge is -2.18. The number of alkyl halides is 3. The van der Waals surface area contributed by atoms with Crippen molar-refractivity contribution in [3.63, 3.8) is 0 Å². The molecule has 20 heavy (non-hydrogen) atoms. The summed E-state index contributed by atoms with van der Waals surface area (Å²) in [6.07, 6.45) is -2.19. The number of methoxy groups -OCH3 is 1. The first kappa shape index (κ1) is 14.8. The number of nitrogens with one attached hydrogen (secondary N) is 1. The summed E-state index contributed by atoms with van der Waals surface area (Å²) in [4.78, 5) is 11.4. The predicted octanol–water partition coefficient (Wildman–Crippen LogP) is 3.06. The zero-order valence-corrected chi connectivity index (χ0v) is 11.0. The lowest BCUT2D eigenvalue weighted by atomic mass is 10.0. The first-order chi connectivity index (χ1) is 9.40. The molecular weight excluding hydrogens is 271 g/mol. The quantitative estimate of drug-likeness (QED) is 0.846. The molecule has 1 aromatic rings. The summed E-state index contributed by atoms with van der Waals surface area (Å²) in [5, 5.41) is 3.25. The molecule has 0 heterocycles. The van der Waals surface area contributed by atoms with Gasteiger partial charge in [0.05, 0.1) is 19.1 Å². The second-order valence-electron chi connectivity index (χ2n) is 4.89. The van der Waals surface area contributed by atoms with Gasteiger partial charge in [-0.1, -0.05) is 12.1 Å². The maximum absolute atomic E-state index is 12.5. The number of carbonyl (C=O) groups is 1. The number of esters is 1. The molecule has 3 nitrogen and oxygen atoms in total. The van der Waals surface area contributed by atoms with Crippen LogP contribution in [0.5, 0.6) is 0 Å². The van der Waals surface area contributed by atoms with E-state index >= 15 is 0 Å². The van der Waals surface area contributed by atoms with E-state index in [2.05, 4.69) is 10.1 Å². The molecule has 110 valence electrons. The summed E-state index contributed by atoms with van der Waals surface area (Å²) in [5.41, 5.74) is -0.0280. The molecule has 0 radical (unpaired) electrons. The molecule has 1 unspecified atom stereocenters. The van der Waals surface area contributed by atoms with Crippen LogP contribution in [0.3, 0.4) is 0 Å². The van der Waals surface area contributed by atoms with E-state index < -0.39 is 11.7 Å². The standard InChI is InChI=1S/C14H16F3NO2/c1-20-13(19)8-12(18-11-6-7-11)9-2-4-10(5-3-9)14(15,16)17/h2-5,11-12,18H,6-8H2,1H3. The molecule has 0 bridgehead atoms. The topological polar surface area (TPSA) is 38.3 Å². The van der Waals surface area contributed by atoms with Crippen LogP contribution in [0, 0.1) is 0 Å². The first-order valence-electron chi connectivity index (χ1n) is 6.40. The van der Waals surface area contributed by atoms with Gasteiger partial charge in [0.15, 0.2) is 0 Å². The van der Waals surface area contributed by atoms with Crippen molar-refractivity contribution in [1.29, 1.82) is 0 Å². The van der Waals surface area contributed by atoms with Gasteiger partial charge in [-0.05, 0) is 30.5 Å². The minimum absolute atomic E-state index is 0.109. The van der Waals surface area contributed by atoms with Gasteiger partial charge in [0.25, 0.3) is 0 Å². The smallest absolute Gasteiger partial charge is 0.416 e. The van der Waals surface area contributed by atoms with Crippen molar-refractivity contribution in [2.24, 2.45) is 0 Å². The Morgan fingerprint density at radius 2 is 1.95 bits per heavy atom. The molecule has 1 atom stereocenters. The SMILES string of the molecule is COC(=O)CC(NC1CC1)c1ccc(C(F)(F)F)cc1.